The molecule has 0 unspecified atom stereocenters. The van der Waals surface area contributed by atoms with E-state index in [2.05, 4.69) is 15.8 Å². The highest BCUT2D eigenvalue weighted by molar-refractivity contribution is 8.04. The van der Waals surface area contributed by atoms with Crippen molar-refractivity contribution in [2.75, 3.05) is 33.1 Å². The Balaban J connectivity index is 1.38. The van der Waals surface area contributed by atoms with Gasteiger partial charge in [0.15, 0.2) is 5.78 Å². The maximum atomic E-state index is 13.8. The van der Waals surface area contributed by atoms with E-state index in [1.807, 2.05) is 0 Å². The number of fused-ring (bicyclic) bond motifs is 3. The quantitative estimate of drug-likeness (QED) is 0.0622. The Morgan fingerprint density at radius 1 is 1.06 bits per heavy atom. The van der Waals surface area contributed by atoms with Crippen LogP contribution in [0.2, 0.25) is 0 Å². The molecule has 16 nitrogen and oxygen atoms in total. The van der Waals surface area contributed by atoms with E-state index in [0.29, 0.717) is 0 Å². The van der Waals surface area contributed by atoms with Gasteiger partial charge in [-0.25, -0.2) is 5.43 Å². The van der Waals surface area contributed by atoms with Gasteiger partial charge < -0.3 is 35.2 Å². The third-order valence-electron chi connectivity index (χ3n) is 8.92. The minimum Gasteiger partial charge on any atom is -0.507 e. The normalized spacial score (nSPS) is 19.7. The summed E-state index contributed by atoms with van der Waals surface area (Å²) in [4.78, 5) is 77.9. The number of benzene rings is 2. The zero-order valence-electron chi connectivity index (χ0n) is 28.8. The number of phenols is 2. The molecule has 0 spiro atoms. The maximum Gasteiger partial charge on any atom is 0.267 e. The van der Waals surface area contributed by atoms with Crippen molar-refractivity contribution in [1.82, 2.24) is 15.6 Å². The van der Waals surface area contributed by atoms with E-state index in [-0.39, 0.29) is 76.1 Å². The zero-order chi connectivity index (χ0) is 38.1. The van der Waals surface area contributed by atoms with Crippen molar-refractivity contribution in [3.8, 4) is 17.2 Å². The van der Waals surface area contributed by atoms with Gasteiger partial charge in [0.2, 0.25) is 17.6 Å². The molecule has 1 heterocycles. The number of hydrogen-bond acceptors (Lipinski definition) is 14. The molecule has 2 aliphatic carbocycles. The van der Waals surface area contributed by atoms with E-state index in [1.165, 1.54) is 32.4 Å². The minimum absolute atomic E-state index is 0.0323. The van der Waals surface area contributed by atoms with Gasteiger partial charge in [-0.15, -0.1) is 11.8 Å². The molecule has 276 valence electrons. The Bertz CT molecular complexity index is 1940. The van der Waals surface area contributed by atoms with Crippen molar-refractivity contribution in [2.24, 2.45) is 5.10 Å². The molecular weight excluding hydrogens is 700 g/mol. The summed E-state index contributed by atoms with van der Waals surface area (Å²) in [6, 6.07) is 4.37. The molecule has 3 aliphatic rings. The third kappa shape index (κ3) is 7.04. The van der Waals surface area contributed by atoms with Crippen LogP contribution in [-0.2, 0) is 30.3 Å². The number of nitrogens with zero attached hydrogens (tertiary/aromatic N) is 2. The van der Waals surface area contributed by atoms with Gasteiger partial charge in [-0.3, -0.25) is 33.7 Å². The second kappa shape index (κ2) is 15.2. The summed E-state index contributed by atoms with van der Waals surface area (Å²) in [5, 5.41) is 51.8. The molecule has 52 heavy (non-hydrogen) atoms. The van der Waals surface area contributed by atoms with E-state index in [9.17, 15) is 49.2 Å². The molecule has 17 heteroatoms. The SMILES string of the molecule is CNC(=O)CCSC1=CC(=O)N(CCC(=O)N/N=C(\CO)[C@]2(O)Cc3c(O)c4c(c(O)c3[C@@H](OC(C)C)C2)C(=O)c2c(OC)cccc2C4=O)C1=O. The molecule has 0 aromatic heterocycles. The first-order valence-electron chi connectivity index (χ1n) is 16.3. The number of carbonyl (C=O) groups is 6. The van der Waals surface area contributed by atoms with Crippen molar-refractivity contribution in [1.29, 1.82) is 0 Å². The van der Waals surface area contributed by atoms with Crippen LogP contribution in [0.5, 0.6) is 17.2 Å². The van der Waals surface area contributed by atoms with Crippen LogP contribution in [0.1, 0.15) is 82.2 Å². The molecule has 6 N–H and O–H groups in total. The number of amides is 4. The summed E-state index contributed by atoms with van der Waals surface area (Å²) in [5.74, 6) is -4.68. The Hall–Kier alpha value is -5.10. The molecule has 2 aromatic rings. The lowest BCUT2D eigenvalue weighted by Crippen LogP contribution is -2.48. The molecular formula is C35H38N4O12S. The molecule has 0 radical (unpaired) electrons. The number of hydrogen-bond donors (Lipinski definition) is 6. The molecule has 2 aromatic carbocycles. The Labute approximate surface area is 301 Å². The number of aliphatic hydroxyl groups is 2. The smallest absolute Gasteiger partial charge is 0.267 e. The van der Waals surface area contributed by atoms with Gasteiger partial charge in [-0.1, -0.05) is 12.1 Å². The number of imide groups is 1. The zero-order valence-corrected chi connectivity index (χ0v) is 29.6. The lowest BCUT2D eigenvalue weighted by Gasteiger charge is -2.40. The second-order valence-corrected chi connectivity index (χ2v) is 13.7. The van der Waals surface area contributed by atoms with E-state index in [4.69, 9.17) is 9.47 Å². The summed E-state index contributed by atoms with van der Waals surface area (Å²) >= 11 is 1.04. The van der Waals surface area contributed by atoms with Crippen LogP contribution in [0.15, 0.2) is 34.3 Å². The monoisotopic (exact) mass is 738 g/mol. The summed E-state index contributed by atoms with van der Waals surface area (Å²) in [7, 11) is 2.81. The number of phenolic OH excluding ortho intramolecular Hbond substituents is 2. The van der Waals surface area contributed by atoms with Crippen molar-refractivity contribution in [2.45, 2.75) is 57.3 Å². The van der Waals surface area contributed by atoms with Crippen LogP contribution in [0, 0.1) is 0 Å². The molecule has 0 saturated heterocycles. The van der Waals surface area contributed by atoms with Crippen molar-refractivity contribution < 1.29 is 58.7 Å². The van der Waals surface area contributed by atoms with Crippen molar-refractivity contribution in [3.63, 3.8) is 0 Å². The first-order chi connectivity index (χ1) is 24.7. The van der Waals surface area contributed by atoms with E-state index in [0.717, 1.165) is 22.7 Å². The largest absolute Gasteiger partial charge is 0.507 e. The fourth-order valence-corrected chi connectivity index (χ4v) is 7.37. The fourth-order valence-electron chi connectivity index (χ4n) is 6.45. The second-order valence-electron chi connectivity index (χ2n) is 12.5. The van der Waals surface area contributed by atoms with E-state index >= 15 is 0 Å². The average Bonchev–Trinajstić information content (AvgIpc) is 3.37. The van der Waals surface area contributed by atoms with E-state index < -0.39 is 82.8 Å². The van der Waals surface area contributed by atoms with Gasteiger partial charge >= 0.3 is 0 Å². The standard InChI is InChI=1S/C35H38N4O12S/c1-16(2)51-20-14-35(49,22(15-40)37-38-24(42)8-10-39-25(43)12-21(34(39)48)52-11-9-23(41)36-3)13-18-27(20)33(47)29-28(31(18)45)30(44)17-6-5-7-19(50-4)26(17)32(29)46/h5-7,12,16,20,40,45,47,49H,8-11,13-15H2,1-4H3,(H,36,41)(H,38,42)/b37-22+/t20-,35-/m0/s1. The van der Waals surface area contributed by atoms with Crippen LogP contribution in [0.25, 0.3) is 0 Å². The van der Waals surface area contributed by atoms with Crippen molar-refractivity contribution in [3.05, 3.63) is 62.6 Å². The van der Waals surface area contributed by atoms with E-state index in [1.54, 1.807) is 13.8 Å². The Morgan fingerprint density at radius 3 is 2.42 bits per heavy atom. The van der Waals surface area contributed by atoms with Crippen LogP contribution in [0.3, 0.4) is 0 Å². The topological polar surface area (TPSA) is 241 Å². The molecule has 0 fully saturated rings. The number of hydrazone groups is 1. The lowest BCUT2D eigenvalue weighted by atomic mass is 9.71. The van der Waals surface area contributed by atoms with Gasteiger partial charge in [0.05, 0.1) is 53.2 Å². The lowest BCUT2D eigenvalue weighted by molar-refractivity contribution is -0.137. The Kier molecular flexibility index (Phi) is 11.2. The van der Waals surface area contributed by atoms with Crippen LogP contribution in [0.4, 0.5) is 0 Å². The molecule has 0 bridgehead atoms. The molecule has 1 aliphatic heterocycles. The van der Waals surface area contributed by atoms with Gasteiger partial charge in [-0.05, 0) is 19.9 Å². The number of ether oxygens (including phenoxy) is 2. The molecule has 5 rings (SSSR count). The first-order valence-corrected chi connectivity index (χ1v) is 17.3. The minimum atomic E-state index is -2.11. The van der Waals surface area contributed by atoms with Crippen LogP contribution in [-0.4, -0.2) is 111 Å². The molecule has 2 atom stereocenters. The van der Waals surface area contributed by atoms with Gasteiger partial charge in [0.25, 0.3) is 11.8 Å². The van der Waals surface area contributed by atoms with Crippen LogP contribution >= 0.6 is 11.8 Å². The van der Waals surface area contributed by atoms with Gasteiger partial charge in [0, 0.05) is 67.8 Å². The highest BCUT2D eigenvalue weighted by Crippen LogP contribution is 2.52. The van der Waals surface area contributed by atoms with Crippen molar-refractivity contribution >= 4 is 52.7 Å². The highest BCUT2D eigenvalue weighted by Gasteiger charge is 2.48. The molecule has 0 saturated carbocycles. The number of aliphatic hydroxyl groups excluding tert-OH is 1. The number of thioether (sulfide) groups is 1. The van der Waals surface area contributed by atoms with Gasteiger partial charge in [-0.2, -0.15) is 5.10 Å². The predicted molar refractivity (Wildman–Crippen MR) is 185 cm³/mol. The summed E-state index contributed by atoms with van der Waals surface area (Å²) in [6.45, 7) is 2.17. The summed E-state index contributed by atoms with van der Waals surface area (Å²) in [5.41, 5.74) is -1.47. The highest BCUT2D eigenvalue weighted by atomic mass is 32.2. The number of aromatic hydroxyl groups is 2. The predicted octanol–water partition coefficient (Wildman–Crippen LogP) is 1.00. The van der Waals surface area contributed by atoms with Gasteiger partial charge in [0.1, 0.15) is 22.8 Å². The molecule has 4 amide bonds. The summed E-state index contributed by atoms with van der Waals surface area (Å²) < 4.78 is 11.3. The third-order valence-corrected chi connectivity index (χ3v) is 9.93. The first kappa shape index (κ1) is 38.1. The Morgan fingerprint density at radius 2 is 1.77 bits per heavy atom. The number of nitrogens with one attached hydrogen (secondary N) is 2. The summed E-state index contributed by atoms with van der Waals surface area (Å²) in [6.07, 6.45) is -1.69. The fraction of sp³-hybridized carbons (Fsp3) is 0.400. The maximum absolute atomic E-state index is 13.8. The average molecular weight is 739 g/mol. The van der Waals surface area contributed by atoms with Crippen LogP contribution < -0.4 is 15.5 Å². The number of rotatable bonds is 13. The number of ketones is 2. The number of methoxy groups -OCH3 is 1. The number of carbonyl (C=O) groups excluding carboxylic acids is 6.